The van der Waals surface area contributed by atoms with E-state index in [1.54, 1.807) is 10.9 Å². The number of para-hydroxylation sites is 1. The predicted molar refractivity (Wildman–Crippen MR) is 81.0 cm³/mol. The van der Waals surface area contributed by atoms with E-state index in [9.17, 15) is 4.79 Å². The van der Waals surface area contributed by atoms with Crippen molar-refractivity contribution < 1.29 is 4.79 Å². The number of nitrogens with two attached hydrogens (primary N) is 1. The van der Waals surface area contributed by atoms with Crippen LogP contribution in [0.5, 0.6) is 0 Å². The normalized spacial score (nSPS) is 11.5. The van der Waals surface area contributed by atoms with Crippen molar-refractivity contribution in [3.8, 4) is 5.69 Å². The maximum atomic E-state index is 11.6. The molecule has 0 spiro atoms. The molecule has 0 radical (unpaired) electrons. The number of halogens is 1. The second-order valence-corrected chi connectivity index (χ2v) is 4.34. The third kappa shape index (κ3) is 3.82. The maximum absolute atomic E-state index is 11.6. The first-order chi connectivity index (χ1) is 9.22. The molecule has 0 aliphatic heterocycles. The molecule has 2 rings (SSSR count). The summed E-state index contributed by atoms with van der Waals surface area (Å²) in [6.45, 7) is 2.32. The van der Waals surface area contributed by atoms with Crippen molar-refractivity contribution in [2.24, 2.45) is 5.73 Å². The number of hydrogen-bond acceptors (Lipinski definition) is 3. The molecule has 0 aliphatic carbocycles. The molecule has 0 aliphatic rings. The lowest BCUT2D eigenvalue weighted by Crippen LogP contribution is -2.29. The van der Waals surface area contributed by atoms with E-state index < -0.39 is 0 Å². The molecule has 0 bridgehead atoms. The summed E-state index contributed by atoms with van der Waals surface area (Å²) in [6.07, 6.45) is 3.95. The fourth-order valence-corrected chi connectivity index (χ4v) is 2.00. The molecule has 3 N–H and O–H groups in total. The fraction of sp³-hybridized carbons (Fsp3) is 0.286. The Labute approximate surface area is 124 Å². The molecule has 1 amide bonds. The Hall–Kier alpha value is -1.85. The van der Waals surface area contributed by atoms with Gasteiger partial charge in [0.25, 0.3) is 0 Å². The summed E-state index contributed by atoms with van der Waals surface area (Å²) >= 11 is 0. The van der Waals surface area contributed by atoms with Crippen molar-refractivity contribution in [3.05, 3.63) is 48.3 Å². The van der Waals surface area contributed by atoms with Gasteiger partial charge in [0.05, 0.1) is 11.7 Å². The number of aromatic nitrogens is 2. The highest BCUT2D eigenvalue weighted by Gasteiger charge is 2.13. The number of rotatable bonds is 5. The third-order valence-corrected chi connectivity index (χ3v) is 2.90. The van der Waals surface area contributed by atoms with Crippen LogP contribution in [0.2, 0.25) is 0 Å². The minimum absolute atomic E-state index is 0. The summed E-state index contributed by atoms with van der Waals surface area (Å²) in [5.74, 6) is -0.0368. The smallest absolute Gasteiger partial charge is 0.221 e. The molecule has 2 aromatic rings. The van der Waals surface area contributed by atoms with Crippen LogP contribution in [0.4, 0.5) is 0 Å². The summed E-state index contributed by atoms with van der Waals surface area (Å²) in [5.41, 5.74) is 7.37. The second kappa shape index (κ2) is 7.67. The molecule has 1 atom stereocenters. The lowest BCUT2D eigenvalue weighted by molar-refractivity contribution is -0.121. The molecular weight excluding hydrogens is 276 g/mol. The van der Waals surface area contributed by atoms with E-state index in [-0.39, 0.29) is 24.4 Å². The number of carbonyl (C=O) groups is 1. The van der Waals surface area contributed by atoms with Gasteiger partial charge < -0.3 is 11.1 Å². The largest absolute Gasteiger partial charge is 0.349 e. The van der Waals surface area contributed by atoms with Crippen molar-refractivity contribution in [1.82, 2.24) is 15.1 Å². The summed E-state index contributed by atoms with van der Waals surface area (Å²) in [4.78, 5) is 11.6. The lowest BCUT2D eigenvalue weighted by Gasteiger charge is -2.17. The van der Waals surface area contributed by atoms with Crippen molar-refractivity contribution in [3.63, 3.8) is 0 Å². The molecule has 5 nitrogen and oxygen atoms in total. The number of amides is 1. The van der Waals surface area contributed by atoms with E-state index in [4.69, 9.17) is 5.73 Å². The molecule has 0 saturated heterocycles. The van der Waals surface area contributed by atoms with Gasteiger partial charge in [0.2, 0.25) is 5.91 Å². The van der Waals surface area contributed by atoms with E-state index in [0.717, 1.165) is 11.3 Å². The van der Waals surface area contributed by atoms with E-state index in [2.05, 4.69) is 10.4 Å². The molecule has 108 valence electrons. The molecule has 1 aromatic carbocycles. The average molecular weight is 295 g/mol. The summed E-state index contributed by atoms with van der Waals surface area (Å²) in [7, 11) is 0. The fourth-order valence-electron chi connectivity index (χ4n) is 2.00. The number of nitrogens with zero attached hydrogens (tertiary/aromatic N) is 2. The first-order valence-corrected chi connectivity index (χ1v) is 6.30. The second-order valence-electron chi connectivity index (χ2n) is 4.34. The molecule has 6 heteroatoms. The van der Waals surface area contributed by atoms with Gasteiger partial charge in [0.15, 0.2) is 0 Å². The minimum Gasteiger partial charge on any atom is -0.349 e. The third-order valence-electron chi connectivity index (χ3n) is 2.90. The van der Waals surface area contributed by atoms with Crippen LogP contribution in [0.25, 0.3) is 5.69 Å². The van der Waals surface area contributed by atoms with Gasteiger partial charge in [-0.1, -0.05) is 18.2 Å². The van der Waals surface area contributed by atoms with E-state index in [1.807, 2.05) is 43.5 Å². The number of hydrogen-bond donors (Lipinski definition) is 2. The van der Waals surface area contributed by atoms with E-state index >= 15 is 0 Å². The van der Waals surface area contributed by atoms with Gasteiger partial charge in [-0.2, -0.15) is 5.10 Å². The van der Waals surface area contributed by atoms with Crippen molar-refractivity contribution in [2.75, 3.05) is 6.54 Å². The van der Waals surface area contributed by atoms with Crippen molar-refractivity contribution in [1.29, 1.82) is 0 Å². The first-order valence-electron chi connectivity index (χ1n) is 6.30. The number of nitrogens with one attached hydrogen (secondary N) is 1. The SMILES string of the molecule is CC(NC(=O)CCN)c1ccccc1-n1cccn1.Cl. The van der Waals surface area contributed by atoms with Gasteiger partial charge in [-0.25, -0.2) is 4.68 Å². The summed E-state index contributed by atoms with van der Waals surface area (Å²) in [6, 6.07) is 9.66. The molecule has 1 unspecified atom stereocenters. The zero-order valence-electron chi connectivity index (χ0n) is 11.3. The average Bonchev–Trinajstić information content (AvgIpc) is 2.92. The van der Waals surface area contributed by atoms with Crippen LogP contribution in [0.1, 0.15) is 24.9 Å². The van der Waals surface area contributed by atoms with Crippen LogP contribution < -0.4 is 11.1 Å². The van der Waals surface area contributed by atoms with Crippen LogP contribution in [-0.4, -0.2) is 22.2 Å². The van der Waals surface area contributed by atoms with Gasteiger partial charge >= 0.3 is 0 Å². The Morgan fingerprint density at radius 3 is 2.80 bits per heavy atom. The first kappa shape index (κ1) is 16.2. The quantitative estimate of drug-likeness (QED) is 0.883. The minimum atomic E-state index is -0.0838. The van der Waals surface area contributed by atoms with E-state index in [0.29, 0.717) is 13.0 Å². The van der Waals surface area contributed by atoms with Crippen molar-refractivity contribution >= 4 is 18.3 Å². The van der Waals surface area contributed by atoms with Gasteiger partial charge in [0, 0.05) is 25.4 Å². The van der Waals surface area contributed by atoms with Gasteiger partial charge in [-0.15, -0.1) is 12.4 Å². The van der Waals surface area contributed by atoms with Crippen LogP contribution in [0, 0.1) is 0 Å². The molecule has 0 fully saturated rings. The highest BCUT2D eigenvalue weighted by molar-refractivity contribution is 5.85. The van der Waals surface area contributed by atoms with Crippen molar-refractivity contribution in [2.45, 2.75) is 19.4 Å². The van der Waals surface area contributed by atoms with Crippen LogP contribution >= 0.6 is 12.4 Å². The topological polar surface area (TPSA) is 72.9 Å². The predicted octanol–water partition coefficient (Wildman–Crippen LogP) is 1.82. The van der Waals surface area contributed by atoms with Crippen LogP contribution in [0.15, 0.2) is 42.7 Å². The Kier molecular flexibility index (Phi) is 6.21. The van der Waals surface area contributed by atoms with Gasteiger partial charge in [-0.05, 0) is 24.6 Å². The zero-order chi connectivity index (χ0) is 13.7. The number of carbonyl (C=O) groups excluding carboxylic acids is 1. The van der Waals surface area contributed by atoms with E-state index in [1.165, 1.54) is 0 Å². The van der Waals surface area contributed by atoms with Crippen LogP contribution in [0.3, 0.4) is 0 Å². The lowest BCUT2D eigenvalue weighted by atomic mass is 10.1. The Morgan fingerprint density at radius 2 is 2.15 bits per heavy atom. The van der Waals surface area contributed by atoms with Gasteiger partial charge in [-0.3, -0.25) is 4.79 Å². The zero-order valence-corrected chi connectivity index (χ0v) is 12.1. The summed E-state index contributed by atoms with van der Waals surface area (Å²) < 4.78 is 1.79. The molecular formula is C14H19ClN4O. The van der Waals surface area contributed by atoms with Crippen LogP contribution in [-0.2, 0) is 4.79 Å². The monoisotopic (exact) mass is 294 g/mol. The number of benzene rings is 1. The molecule has 0 saturated carbocycles. The highest BCUT2D eigenvalue weighted by atomic mass is 35.5. The molecule has 20 heavy (non-hydrogen) atoms. The molecule has 1 aromatic heterocycles. The van der Waals surface area contributed by atoms with Gasteiger partial charge in [0.1, 0.15) is 0 Å². The molecule has 1 heterocycles. The standard InChI is InChI=1S/C14H18N4O.ClH/c1-11(17-14(19)7-8-15)12-5-2-3-6-13(12)18-10-4-9-16-18;/h2-6,9-11H,7-8,15H2,1H3,(H,17,19);1H. The maximum Gasteiger partial charge on any atom is 0.221 e. The Bertz CT molecular complexity index is 542. The summed E-state index contributed by atoms with van der Waals surface area (Å²) in [5, 5.41) is 7.17. The Balaban J connectivity index is 0.00000200. The highest BCUT2D eigenvalue weighted by Crippen LogP contribution is 2.20. The Morgan fingerprint density at radius 1 is 1.40 bits per heavy atom.